The van der Waals surface area contributed by atoms with Crippen molar-refractivity contribution in [3.63, 3.8) is 0 Å². The first-order valence-corrected chi connectivity index (χ1v) is 11.9. The minimum Gasteiger partial charge on any atom is -0.394 e. The zero-order valence-corrected chi connectivity index (χ0v) is 20.4. The molecule has 8 nitrogen and oxygen atoms in total. The third kappa shape index (κ3) is 6.06. The van der Waals surface area contributed by atoms with Crippen LogP contribution >= 0.6 is 15.9 Å². The van der Waals surface area contributed by atoms with Crippen molar-refractivity contribution < 1.29 is 19.5 Å². The van der Waals surface area contributed by atoms with Crippen LogP contribution in [0.2, 0.25) is 0 Å². The van der Waals surface area contributed by atoms with E-state index in [0.29, 0.717) is 24.3 Å². The van der Waals surface area contributed by atoms with E-state index in [0.717, 1.165) is 21.2 Å². The number of urea groups is 1. The molecule has 0 aliphatic carbocycles. The van der Waals surface area contributed by atoms with E-state index in [1.165, 1.54) is 4.90 Å². The van der Waals surface area contributed by atoms with Crippen LogP contribution in [0, 0.1) is 0 Å². The molecule has 0 bridgehead atoms. The lowest BCUT2D eigenvalue weighted by Crippen LogP contribution is -2.48. The van der Waals surface area contributed by atoms with Crippen molar-refractivity contribution >= 4 is 45.2 Å². The summed E-state index contributed by atoms with van der Waals surface area (Å²) in [6.07, 6.45) is 0.608. The number of carbonyl (C=O) groups excluding carboxylic acids is 3. The smallest absolute Gasteiger partial charge is 0.323 e. The summed E-state index contributed by atoms with van der Waals surface area (Å²) in [7, 11) is 0. The zero-order chi connectivity index (χ0) is 24.8. The summed E-state index contributed by atoms with van der Waals surface area (Å²) in [4.78, 5) is 39.2. The second-order valence-electron chi connectivity index (χ2n) is 8.12. The quantitative estimate of drug-likeness (QED) is 0.371. The molecule has 3 aromatic carbocycles. The molecule has 0 fully saturated rings. The Labute approximate surface area is 211 Å². The van der Waals surface area contributed by atoms with E-state index in [4.69, 9.17) is 0 Å². The zero-order valence-electron chi connectivity index (χ0n) is 18.8. The molecule has 0 spiro atoms. The van der Waals surface area contributed by atoms with Gasteiger partial charge in [-0.3, -0.25) is 9.59 Å². The van der Waals surface area contributed by atoms with E-state index in [1.54, 1.807) is 36.4 Å². The highest BCUT2D eigenvalue weighted by atomic mass is 79.9. The van der Waals surface area contributed by atoms with Crippen LogP contribution in [0.1, 0.15) is 22.7 Å². The van der Waals surface area contributed by atoms with Crippen molar-refractivity contribution in [2.24, 2.45) is 0 Å². The molecule has 0 saturated carbocycles. The third-order valence-corrected chi connectivity index (χ3v) is 6.26. The van der Waals surface area contributed by atoms with Gasteiger partial charge in [-0.15, -0.1) is 0 Å². The van der Waals surface area contributed by atoms with Crippen LogP contribution in [0.3, 0.4) is 0 Å². The molecule has 1 atom stereocenters. The first-order chi connectivity index (χ1) is 16.9. The summed E-state index contributed by atoms with van der Waals surface area (Å²) in [6.45, 7) is 0.184. The molecule has 9 heteroatoms. The van der Waals surface area contributed by atoms with E-state index >= 15 is 0 Å². The Hall–Kier alpha value is -3.69. The molecule has 1 heterocycles. The maximum absolute atomic E-state index is 12.9. The molecule has 4 rings (SSSR count). The highest BCUT2D eigenvalue weighted by Gasteiger charge is 2.33. The Kier molecular flexibility index (Phi) is 7.79. The topological polar surface area (TPSA) is 111 Å². The van der Waals surface area contributed by atoms with E-state index in [2.05, 4.69) is 31.9 Å². The molecular weight excluding hydrogens is 512 g/mol. The minimum atomic E-state index is -0.748. The van der Waals surface area contributed by atoms with Gasteiger partial charge in [0.2, 0.25) is 0 Å². The van der Waals surface area contributed by atoms with Crippen molar-refractivity contribution in [2.45, 2.75) is 19.0 Å². The normalized spacial score (nSPS) is 14.6. The average molecular weight is 537 g/mol. The molecule has 0 saturated heterocycles. The van der Waals surface area contributed by atoms with Crippen LogP contribution in [0.5, 0.6) is 0 Å². The number of aliphatic hydroxyl groups is 1. The lowest BCUT2D eigenvalue weighted by molar-refractivity contribution is -0.148. The molecule has 1 unspecified atom stereocenters. The molecule has 4 amide bonds. The lowest BCUT2D eigenvalue weighted by atomic mass is 9.93. The number of para-hydroxylation sites is 1. The Balaban J connectivity index is 1.35. The highest BCUT2D eigenvalue weighted by molar-refractivity contribution is 9.10. The van der Waals surface area contributed by atoms with Gasteiger partial charge in [-0.25, -0.2) is 4.79 Å². The van der Waals surface area contributed by atoms with Gasteiger partial charge in [0.15, 0.2) is 0 Å². The number of nitrogens with zero attached hydrogens (tertiary/aromatic N) is 1. The Morgan fingerprint density at radius 3 is 2.46 bits per heavy atom. The van der Waals surface area contributed by atoms with Crippen molar-refractivity contribution in [3.8, 4) is 0 Å². The van der Waals surface area contributed by atoms with E-state index < -0.39 is 17.9 Å². The fraction of sp³-hybridized carbons (Fsp3) is 0.192. The van der Waals surface area contributed by atoms with Gasteiger partial charge in [-0.2, -0.15) is 0 Å². The molecule has 4 N–H and O–H groups in total. The van der Waals surface area contributed by atoms with Gasteiger partial charge < -0.3 is 26.0 Å². The number of halogens is 1. The predicted molar refractivity (Wildman–Crippen MR) is 137 cm³/mol. The molecule has 35 heavy (non-hydrogen) atoms. The standard InChI is InChI=1S/C26H25BrN4O4/c27-19-10-9-18-11-12-31(23(16-32)22(18)14-19)25(34)24(33)28-15-17-5-4-8-21(13-17)30-26(35)29-20-6-2-1-3-7-20/h1-10,13-14,23,32H,11-12,15-16H2,(H,28,33)(H2,29,30,35). The number of nitrogens with one attached hydrogen (secondary N) is 3. The maximum Gasteiger partial charge on any atom is 0.323 e. The lowest BCUT2D eigenvalue weighted by Gasteiger charge is -2.36. The first kappa shape index (κ1) is 24.4. The number of fused-ring (bicyclic) bond motifs is 1. The monoisotopic (exact) mass is 536 g/mol. The van der Waals surface area contributed by atoms with Gasteiger partial charge in [-0.05, 0) is 59.5 Å². The van der Waals surface area contributed by atoms with Gasteiger partial charge in [0.25, 0.3) is 0 Å². The van der Waals surface area contributed by atoms with Crippen LogP contribution in [0.25, 0.3) is 0 Å². The summed E-state index contributed by atoms with van der Waals surface area (Å²) in [5, 5.41) is 18.1. The third-order valence-electron chi connectivity index (χ3n) is 5.76. The van der Waals surface area contributed by atoms with Gasteiger partial charge >= 0.3 is 17.8 Å². The SMILES string of the molecule is O=C(Nc1ccccc1)Nc1cccc(CNC(=O)C(=O)N2CCc3ccc(Br)cc3C2CO)c1. The van der Waals surface area contributed by atoms with Crippen LogP contribution in [-0.2, 0) is 22.6 Å². The van der Waals surface area contributed by atoms with Gasteiger partial charge in [-0.1, -0.05) is 52.3 Å². The number of amides is 4. The number of rotatable bonds is 5. The van der Waals surface area contributed by atoms with Crippen LogP contribution in [0.15, 0.2) is 77.3 Å². The van der Waals surface area contributed by atoms with E-state index in [-0.39, 0.29) is 19.2 Å². The van der Waals surface area contributed by atoms with Crippen LogP contribution in [-0.4, -0.2) is 41.0 Å². The Bertz CT molecular complexity index is 1240. The summed E-state index contributed by atoms with van der Waals surface area (Å²) < 4.78 is 0.847. The van der Waals surface area contributed by atoms with Crippen molar-refractivity contribution in [3.05, 3.63) is 94.0 Å². The van der Waals surface area contributed by atoms with Gasteiger partial charge in [0.05, 0.1) is 12.6 Å². The number of hydrogen-bond donors (Lipinski definition) is 4. The van der Waals surface area contributed by atoms with Crippen LogP contribution in [0.4, 0.5) is 16.2 Å². The fourth-order valence-electron chi connectivity index (χ4n) is 4.07. The molecular formula is C26H25BrN4O4. The average Bonchev–Trinajstić information content (AvgIpc) is 2.86. The predicted octanol–water partition coefficient (Wildman–Crippen LogP) is 3.83. The van der Waals surface area contributed by atoms with Crippen molar-refractivity contribution in [2.75, 3.05) is 23.8 Å². The number of hydrogen-bond acceptors (Lipinski definition) is 4. The van der Waals surface area contributed by atoms with Crippen molar-refractivity contribution in [1.29, 1.82) is 0 Å². The molecule has 3 aromatic rings. The second-order valence-corrected chi connectivity index (χ2v) is 9.03. The van der Waals surface area contributed by atoms with E-state index in [1.807, 2.05) is 36.4 Å². The van der Waals surface area contributed by atoms with E-state index in [9.17, 15) is 19.5 Å². The number of anilines is 2. The number of benzene rings is 3. The summed E-state index contributed by atoms with van der Waals surface area (Å²) in [5.74, 6) is -1.44. The highest BCUT2D eigenvalue weighted by Crippen LogP contribution is 2.31. The second kappa shape index (κ2) is 11.2. The minimum absolute atomic E-state index is 0.111. The number of carbonyl (C=O) groups is 3. The van der Waals surface area contributed by atoms with Crippen LogP contribution < -0.4 is 16.0 Å². The Morgan fingerprint density at radius 2 is 1.69 bits per heavy atom. The van der Waals surface area contributed by atoms with Gasteiger partial charge in [0, 0.05) is 28.9 Å². The first-order valence-electron chi connectivity index (χ1n) is 11.1. The Morgan fingerprint density at radius 1 is 0.943 bits per heavy atom. The van der Waals surface area contributed by atoms with Crippen molar-refractivity contribution in [1.82, 2.24) is 10.2 Å². The summed E-state index contributed by atoms with van der Waals surface area (Å²) in [5.41, 5.74) is 3.82. The molecule has 1 aliphatic rings. The molecule has 1 aliphatic heterocycles. The summed E-state index contributed by atoms with van der Waals surface area (Å²) in [6, 6.07) is 20.9. The summed E-state index contributed by atoms with van der Waals surface area (Å²) >= 11 is 3.43. The van der Waals surface area contributed by atoms with Gasteiger partial charge in [0.1, 0.15) is 0 Å². The molecule has 0 aromatic heterocycles. The molecule has 180 valence electrons. The largest absolute Gasteiger partial charge is 0.394 e. The maximum atomic E-state index is 12.9. The fourth-order valence-corrected chi connectivity index (χ4v) is 4.45. The number of aliphatic hydroxyl groups excluding tert-OH is 1. The molecule has 0 radical (unpaired) electrons.